The molecule has 27 heavy (non-hydrogen) atoms. The van der Waals surface area contributed by atoms with Crippen LogP contribution in [-0.2, 0) is 9.59 Å². The number of hydrogen-bond donors (Lipinski definition) is 1. The fraction of sp³-hybridized carbons (Fsp3) is 0.476. The molecule has 0 radical (unpaired) electrons. The standard InChI is InChI=1S/C21H28N2O4/c1-15(24)27-18-7-5-6-16(14-18)20(26)22-17-9-12-23(13-10-17)19(25)8-11-21(2,3)4/h5-8,11,14,17H,9-10,12-13H2,1-4H3,(H,22,26)/b11-8+. The topological polar surface area (TPSA) is 75.7 Å². The lowest BCUT2D eigenvalue weighted by molar-refractivity contribution is -0.132. The SMILES string of the molecule is CC(=O)Oc1cccc(C(=O)NC2CCN(C(=O)/C=C/C(C)(C)C)CC2)c1. The summed E-state index contributed by atoms with van der Waals surface area (Å²) in [5.41, 5.74) is 0.420. The molecule has 1 saturated heterocycles. The molecule has 0 spiro atoms. The molecule has 1 fully saturated rings. The number of ether oxygens (including phenoxy) is 1. The number of benzene rings is 1. The highest BCUT2D eigenvalue weighted by molar-refractivity contribution is 5.95. The minimum Gasteiger partial charge on any atom is -0.427 e. The van der Waals surface area contributed by atoms with Gasteiger partial charge < -0.3 is 15.0 Å². The lowest BCUT2D eigenvalue weighted by atomic mass is 9.96. The highest BCUT2D eigenvalue weighted by Crippen LogP contribution is 2.17. The van der Waals surface area contributed by atoms with Crippen LogP contribution in [0, 0.1) is 5.41 Å². The van der Waals surface area contributed by atoms with E-state index in [2.05, 4.69) is 26.1 Å². The summed E-state index contributed by atoms with van der Waals surface area (Å²) < 4.78 is 5.01. The third-order valence-corrected chi connectivity index (χ3v) is 4.23. The summed E-state index contributed by atoms with van der Waals surface area (Å²) in [6.45, 7) is 8.70. The number of rotatable bonds is 4. The number of nitrogens with zero attached hydrogens (tertiary/aromatic N) is 1. The fourth-order valence-electron chi connectivity index (χ4n) is 2.81. The van der Waals surface area contributed by atoms with Gasteiger partial charge in [-0.15, -0.1) is 0 Å². The maximum Gasteiger partial charge on any atom is 0.308 e. The number of esters is 1. The van der Waals surface area contributed by atoms with Crippen LogP contribution >= 0.6 is 0 Å². The highest BCUT2D eigenvalue weighted by Gasteiger charge is 2.23. The van der Waals surface area contributed by atoms with E-state index < -0.39 is 5.97 Å². The van der Waals surface area contributed by atoms with Crippen molar-refractivity contribution in [1.29, 1.82) is 0 Å². The summed E-state index contributed by atoms with van der Waals surface area (Å²) in [7, 11) is 0. The van der Waals surface area contributed by atoms with E-state index in [9.17, 15) is 14.4 Å². The van der Waals surface area contributed by atoms with Crippen LogP contribution in [0.5, 0.6) is 5.75 Å². The second-order valence-electron chi connectivity index (χ2n) is 7.89. The van der Waals surface area contributed by atoms with E-state index in [0.717, 1.165) is 0 Å². The molecule has 2 amide bonds. The molecule has 1 aliphatic rings. The Balaban J connectivity index is 1.86. The normalized spacial score (nSPS) is 15.6. The Morgan fingerprint density at radius 1 is 1.19 bits per heavy atom. The van der Waals surface area contributed by atoms with Crippen LogP contribution in [0.25, 0.3) is 0 Å². The van der Waals surface area contributed by atoms with Gasteiger partial charge in [0.25, 0.3) is 5.91 Å². The number of allylic oxidation sites excluding steroid dienone is 1. The zero-order valence-electron chi connectivity index (χ0n) is 16.5. The quantitative estimate of drug-likeness (QED) is 0.501. The lowest BCUT2D eigenvalue weighted by Gasteiger charge is -2.32. The van der Waals surface area contributed by atoms with Crippen LogP contribution < -0.4 is 10.1 Å². The first-order valence-electron chi connectivity index (χ1n) is 9.21. The Bertz CT molecular complexity index is 726. The van der Waals surface area contributed by atoms with Crippen molar-refractivity contribution in [2.75, 3.05) is 13.1 Å². The van der Waals surface area contributed by atoms with Crippen molar-refractivity contribution in [3.05, 3.63) is 42.0 Å². The monoisotopic (exact) mass is 372 g/mol. The minimum absolute atomic E-state index is 0.0174. The zero-order chi connectivity index (χ0) is 20.0. The van der Waals surface area contributed by atoms with Crippen molar-refractivity contribution in [3.8, 4) is 5.75 Å². The first kappa shape index (κ1) is 20.7. The van der Waals surface area contributed by atoms with Crippen LogP contribution in [0.15, 0.2) is 36.4 Å². The van der Waals surface area contributed by atoms with Crippen molar-refractivity contribution >= 4 is 17.8 Å². The van der Waals surface area contributed by atoms with Gasteiger partial charge in [0.1, 0.15) is 5.75 Å². The Hall–Kier alpha value is -2.63. The van der Waals surface area contributed by atoms with Gasteiger partial charge in [-0.25, -0.2) is 0 Å². The molecule has 0 aliphatic carbocycles. The molecule has 1 aromatic rings. The number of likely N-dealkylation sites (tertiary alicyclic amines) is 1. The third-order valence-electron chi connectivity index (χ3n) is 4.23. The minimum atomic E-state index is -0.426. The first-order valence-corrected chi connectivity index (χ1v) is 9.21. The smallest absolute Gasteiger partial charge is 0.308 e. The Kier molecular flexibility index (Phi) is 6.77. The molecule has 2 rings (SSSR count). The fourth-order valence-corrected chi connectivity index (χ4v) is 2.81. The van der Waals surface area contributed by atoms with Gasteiger partial charge in [-0.05, 0) is 42.5 Å². The molecular weight excluding hydrogens is 344 g/mol. The first-order chi connectivity index (χ1) is 12.6. The van der Waals surface area contributed by atoms with Gasteiger partial charge in [-0.2, -0.15) is 0 Å². The van der Waals surface area contributed by atoms with E-state index in [-0.39, 0.29) is 23.3 Å². The molecule has 6 heteroatoms. The van der Waals surface area contributed by atoms with E-state index in [1.165, 1.54) is 6.92 Å². The van der Waals surface area contributed by atoms with Gasteiger partial charge in [-0.1, -0.05) is 32.9 Å². The summed E-state index contributed by atoms with van der Waals surface area (Å²) in [6.07, 6.45) is 4.98. The molecule has 0 unspecified atom stereocenters. The Morgan fingerprint density at radius 3 is 2.44 bits per heavy atom. The number of amides is 2. The summed E-state index contributed by atoms with van der Waals surface area (Å²) in [4.78, 5) is 37.5. The Labute approximate surface area is 160 Å². The predicted octanol–water partition coefficient (Wildman–Crippen LogP) is 2.94. The van der Waals surface area contributed by atoms with Crippen LogP contribution in [0.3, 0.4) is 0 Å². The molecule has 146 valence electrons. The van der Waals surface area contributed by atoms with Crippen molar-refractivity contribution in [2.24, 2.45) is 5.41 Å². The maximum absolute atomic E-state index is 12.4. The number of piperidine rings is 1. The molecule has 1 heterocycles. The van der Waals surface area contributed by atoms with Gasteiger partial charge >= 0.3 is 5.97 Å². The van der Waals surface area contributed by atoms with Gasteiger partial charge in [-0.3, -0.25) is 14.4 Å². The van der Waals surface area contributed by atoms with Crippen LogP contribution in [0.1, 0.15) is 50.9 Å². The molecule has 0 bridgehead atoms. The van der Waals surface area contributed by atoms with Gasteiger partial charge in [0.2, 0.25) is 5.91 Å². The van der Waals surface area contributed by atoms with Crippen molar-refractivity contribution in [3.63, 3.8) is 0 Å². The summed E-state index contributed by atoms with van der Waals surface area (Å²) in [6, 6.07) is 6.56. The largest absolute Gasteiger partial charge is 0.427 e. The highest BCUT2D eigenvalue weighted by atomic mass is 16.5. The average molecular weight is 372 g/mol. The molecular formula is C21H28N2O4. The van der Waals surface area contributed by atoms with Crippen molar-refractivity contribution in [1.82, 2.24) is 10.2 Å². The van der Waals surface area contributed by atoms with E-state index in [4.69, 9.17) is 4.74 Å². The molecule has 0 saturated carbocycles. The maximum atomic E-state index is 12.4. The summed E-state index contributed by atoms with van der Waals surface area (Å²) >= 11 is 0. The van der Waals surface area contributed by atoms with E-state index in [0.29, 0.717) is 37.2 Å². The lowest BCUT2D eigenvalue weighted by Crippen LogP contribution is -2.46. The van der Waals surface area contributed by atoms with Crippen LogP contribution in [0.2, 0.25) is 0 Å². The van der Waals surface area contributed by atoms with Gasteiger partial charge in [0.05, 0.1) is 0 Å². The second kappa shape index (κ2) is 8.84. The molecule has 0 atom stereocenters. The van der Waals surface area contributed by atoms with Crippen LogP contribution in [0.4, 0.5) is 0 Å². The van der Waals surface area contributed by atoms with Gasteiger partial charge in [0.15, 0.2) is 0 Å². The number of carbonyl (C=O) groups excluding carboxylic acids is 3. The number of carbonyl (C=O) groups is 3. The number of nitrogens with one attached hydrogen (secondary N) is 1. The summed E-state index contributed by atoms with van der Waals surface area (Å²) in [5, 5.41) is 3.00. The molecule has 0 aromatic heterocycles. The molecule has 1 aromatic carbocycles. The third kappa shape index (κ3) is 6.89. The number of hydrogen-bond acceptors (Lipinski definition) is 4. The van der Waals surface area contributed by atoms with Gasteiger partial charge in [0, 0.05) is 31.6 Å². The van der Waals surface area contributed by atoms with Crippen molar-refractivity contribution in [2.45, 2.75) is 46.6 Å². The van der Waals surface area contributed by atoms with E-state index >= 15 is 0 Å². The van der Waals surface area contributed by atoms with E-state index in [1.54, 1.807) is 30.3 Å². The Morgan fingerprint density at radius 2 is 1.85 bits per heavy atom. The van der Waals surface area contributed by atoms with E-state index in [1.807, 2.05) is 11.0 Å². The predicted molar refractivity (Wildman–Crippen MR) is 103 cm³/mol. The molecule has 6 nitrogen and oxygen atoms in total. The van der Waals surface area contributed by atoms with Crippen molar-refractivity contribution < 1.29 is 19.1 Å². The second-order valence-corrected chi connectivity index (χ2v) is 7.89. The average Bonchev–Trinajstić information content (AvgIpc) is 2.59. The summed E-state index contributed by atoms with van der Waals surface area (Å²) in [5.74, 6) is -0.267. The molecule has 1 N–H and O–H groups in total. The molecule has 1 aliphatic heterocycles. The van der Waals surface area contributed by atoms with Crippen LogP contribution in [-0.4, -0.2) is 41.8 Å². The zero-order valence-corrected chi connectivity index (χ0v) is 16.5.